The normalized spacial score (nSPS) is 15.3. The number of carbonyl (C=O) groups excluding carboxylic acids is 2. The first-order chi connectivity index (χ1) is 9.52. The van der Waals surface area contributed by atoms with Crippen LogP contribution in [-0.4, -0.2) is 54.3 Å². The summed E-state index contributed by atoms with van der Waals surface area (Å²) >= 11 is 0. The van der Waals surface area contributed by atoms with Gasteiger partial charge in [-0.05, 0) is 24.6 Å². The fraction of sp³-hybridized carbons (Fsp3) is 0.429. The van der Waals surface area contributed by atoms with E-state index in [2.05, 4.69) is 0 Å². The Morgan fingerprint density at radius 1 is 1.20 bits per heavy atom. The lowest BCUT2D eigenvalue weighted by molar-refractivity contribution is -0.131. The Hall–Kier alpha value is -1.95. The minimum absolute atomic E-state index is 0.0169. The Morgan fingerprint density at radius 2 is 1.80 bits per heavy atom. The van der Waals surface area contributed by atoms with Crippen LogP contribution >= 0.6 is 0 Å². The molecule has 0 bridgehead atoms. The van der Waals surface area contributed by atoms with Crippen molar-refractivity contribution in [3.05, 3.63) is 35.1 Å². The van der Waals surface area contributed by atoms with E-state index < -0.39 is 5.82 Å². The largest absolute Gasteiger partial charge is 0.338 e. The fourth-order valence-electron chi connectivity index (χ4n) is 2.28. The molecule has 2 amide bonds. The molecule has 1 saturated heterocycles. The highest BCUT2D eigenvalue weighted by atomic mass is 19.1. The average molecular weight is 279 g/mol. The summed E-state index contributed by atoms with van der Waals surface area (Å²) in [6.45, 7) is 3.59. The Kier molecular flexibility index (Phi) is 4.34. The zero-order valence-electron chi connectivity index (χ0n) is 11.4. The molecule has 5 nitrogen and oxygen atoms in total. The summed E-state index contributed by atoms with van der Waals surface area (Å²) in [7, 11) is 0. The van der Waals surface area contributed by atoms with Gasteiger partial charge in [0.2, 0.25) is 5.91 Å². The Labute approximate surface area is 117 Å². The first-order valence-electron chi connectivity index (χ1n) is 6.56. The van der Waals surface area contributed by atoms with E-state index in [1.165, 1.54) is 12.1 Å². The van der Waals surface area contributed by atoms with Crippen molar-refractivity contribution in [2.24, 2.45) is 5.73 Å². The van der Waals surface area contributed by atoms with Gasteiger partial charge in [0, 0.05) is 31.7 Å². The van der Waals surface area contributed by atoms with Crippen LogP contribution in [0.4, 0.5) is 4.39 Å². The smallest absolute Gasteiger partial charge is 0.254 e. The second kappa shape index (κ2) is 6.00. The summed E-state index contributed by atoms with van der Waals surface area (Å²) < 4.78 is 13.3. The molecule has 1 aromatic rings. The number of aryl methyl sites for hydroxylation is 1. The van der Waals surface area contributed by atoms with Crippen molar-refractivity contribution in [3.8, 4) is 0 Å². The van der Waals surface area contributed by atoms with E-state index in [0.717, 1.165) is 5.56 Å². The van der Waals surface area contributed by atoms with Crippen molar-refractivity contribution in [2.75, 3.05) is 32.7 Å². The number of amides is 2. The second-order valence-electron chi connectivity index (χ2n) is 4.84. The molecule has 1 aromatic carbocycles. The minimum atomic E-state index is -0.420. The lowest BCUT2D eigenvalue weighted by Crippen LogP contribution is -2.52. The second-order valence-corrected chi connectivity index (χ2v) is 4.84. The average Bonchev–Trinajstić information content (AvgIpc) is 2.48. The number of hydrogen-bond donors (Lipinski definition) is 1. The molecule has 20 heavy (non-hydrogen) atoms. The van der Waals surface area contributed by atoms with E-state index in [9.17, 15) is 14.0 Å². The van der Waals surface area contributed by atoms with Crippen molar-refractivity contribution in [1.29, 1.82) is 0 Å². The van der Waals surface area contributed by atoms with E-state index in [-0.39, 0.29) is 18.4 Å². The first kappa shape index (κ1) is 14.5. The van der Waals surface area contributed by atoms with Crippen LogP contribution in [0, 0.1) is 12.7 Å². The maximum Gasteiger partial charge on any atom is 0.254 e. The van der Waals surface area contributed by atoms with Gasteiger partial charge in [-0.25, -0.2) is 4.39 Å². The van der Waals surface area contributed by atoms with Crippen molar-refractivity contribution in [2.45, 2.75) is 6.92 Å². The standard InChI is InChI=1S/C14H18FN3O2/c1-10-2-3-11(15)8-12(10)14(20)18-6-4-17(5-7-18)13(19)9-16/h2-3,8H,4-7,9,16H2,1H3. The van der Waals surface area contributed by atoms with Crippen LogP contribution in [0.15, 0.2) is 18.2 Å². The van der Waals surface area contributed by atoms with Crippen LogP contribution in [0.5, 0.6) is 0 Å². The van der Waals surface area contributed by atoms with Gasteiger partial charge in [0.25, 0.3) is 5.91 Å². The Bertz CT molecular complexity index is 525. The molecule has 1 aliphatic heterocycles. The zero-order chi connectivity index (χ0) is 14.7. The summed E-state index contributed by atoms with van der Waals surface area (Å²) in [6, 6.07) is 4.19. The zero-order valence-corrected chi connectivity index (χ0v) is 11.4. The Balaban J connectivity index is 2.05. The van der Waals surface area contributed by atoms with Crippen LogP contribution in [-0.2, 0) is 4.79 Å². The van der Waals surface area contributed by atoms with Gasteiger partial charge < -0.3 is 15.5 Å². The third-order valence-corrected chi connectivity index (χ3v) is 3.52. The molecule has 0 spiro atoms. The van der Waals surface area contributed by atoms with E-state index in [1.807, 2.05) is 0 Å². The highest BCUT2D eigenvalue weighted by Gasteiger charge is 2.25. The predicted octanol–water partition coefficient (Wildman–Crippen LogP) is 0.377. The van der Waals surface area contributed by atoms with Gasteiger partial charge in [-0.15, -0.1) is 0 Å². The van der Waals surface area contributed by atoms with Gasteiger partial charge in [-0.2, -0.15) is 0 Å². The summed E-state index contributed by atoms with van der Waals surface area (Å²) in [6.07, 6.45) is 0. The van der Waals surface area contributed by atoms with E-state index in [1.54, 1.807) is 22.8 Å². The molecule has 2 rings (SSSR count). The molecule has 0 radical (unpaired) electrons. The molecule has 6 heteroatoms. The lowest BCUT2D eigenvalue weighted by atomic mass is 10.1. The van der Waals surface area contributed by atoms with Crippen LogP contribution in [0.1, 0.15) is 15.9 Å². The van der Waals surface area contributed by atoms with Crippen LogP contribution in [0.25, 0.3) is 0 Å². The maximum absolute atomic E-state index is 13.3. The van der Waals surface area contributed by atoms with E-state index in [0.29, 0.717) is 31.7 Å². The van der Waals surface area contributed by atoms with Crippen molar-refractivity contribution < 1.29 is 14.0 Å². The number of hydrogen-bond acceptors (Lipinski definition) is 3. The topological polar surface area (TPSA) is 66.6 Å². The third kappa shape index (κ3) is 2.96. The molecule has 1 aliphatic rings. The van der Waals surface area contributed by atoms with Crippen LogP contribution in [0.2, 0.25) is 0 Å². The highest BCUT2D eigenvalue weighted by Crippen LogP contribution is 2.14. The van der Waals surface area contributed by atoms with Crippen LogP contribution < -0.4 is 5.73 Å². The third-order valence-electron chi connectivity index (χ3n) is 3.52. The number of benzene rings is 1. The molecule has 1 heterocycles. The van der Waals surface area contributed by atoms with Crippen molar-refractivity contribution in [1.82, 2.24) is 9.80 Å². The monoisotopic (exact) mass is 279 g/mol. The number of piperazine rings is 1. The maximum atomic E-state index is 13.3. The molecule has 2 N–H and O–H groups in total. The summed E-state index contributed by atoms with van der Waals surface area (Å²) in [4.78, 5) is 27.1. The molecule has 0 aromatic heterocycles. The Morgan fingerprint density at radius 3 is 2.40 bits per heavy atom. The highest BCUT2D eigenvalue weighted by molar-refractivity contribution is 5.95. The SMILES string of the molecule is Cc1ccc(F)cc1C(=O)N1CCN(C(=O)CN)CC1. The minimum Gasteiger partial charge on any atom is -0.338 e. The van der Waals surface area contributed by atoms with E-state index >= 15 is 0 Å². The predicted molar refractivity (Wildman–Crippen MR) is 72.7 cm³/mol. The summed E-state index contributed by atoms with van der Waals surface area (Å²) in [5.41, 5.74) is 6.44. The quantitative estimate of drug-likeness (QED) is 0.851. The molecule has 0 atom stereocenters. The fourth-order valence-corrected chi connectivity index (χ4v) is 2.28. The molecule has 0 unspecified atom stereocenters. The van der Waals surface area contributed by atoms with Crippen molar-refractivity contribution >= 4 is 11.8 Å². The molecule has 1 fully saturated rings. The molecular weight excluding hydrogens is 261 g/mol. The number of nitrogens with zero attached hydrogens (tertiary/aromatic N) is 2. The van der Waals surface area contributed by atoms with Gasteiger partial charge in [0.1, 0.15) is 5.82 Å². The molecule has 0 saturated carbocycles. The lowest BCUT2D eigenvalue weighted by Gasteiger charge is -2.34. The summed E-state index contributed by atoms with van der Waals surface area (Å²) in [5, 5.41) is 0. The molecule has 108 valence electrons. The van der Waals surface area contributed by atoms with Crippen molar-refractivity contribution in [3.63, 3.8) is 0 Å². The number of carbonyl (C=O) groups is 2. The molecular formula is C14H18FN3O2. The number of nitrogens with two attached hydrogens (primary N) is 1. The van der Waals surface area contributed by atoms with Crippen LogP contribution in [0.3, 0.4) is 0 Å². The van der Waals surface area contributed by atoms with Gasteiger partial charge in [0.15, 0.2) is 0 Å². The van der Waals surface area contributed by atoms with Gasteiger partial charge in [-0.3, -0.25) is 9.59 Å². The number of rotatable bonds is 2. The van der Waals surface area contributed by atoms with Gasteiger partial charge in [-0.1, -0.05) is 6.07 Å². The first-order valence-corrected chi connectivity index (χ1v) is 6.56. The van der Waals surface area contributed by atoms with E-state index in [4.69, 9.17) is 5.73 Å². The van der Waals surface area contributed by atoms with Gasteiger partial charge in [0.05, 0.1) is 6.54 Å². The summed E-state index contributed by atoms with van der Waals surface area (Å²) in [5.74, 6) is -0.725. The molecule has 0 aliphatic carbocycles. The van der Waals surface area contributed by atoms with Gasteiger partial charge >= 0.3 is 0 Å². The number of halogens is 1.